The lowest BCUT2D eigenvalue weighted by Gasteiger charge is -2.13. The van der Waals surface area contributed by atoms with Gasteiger partial charge in [-0.3, -0.25) is 38.4 Å². The predicted octanol–water partition coefficient (Wildman–Crippen LogP) is 15.5. The van der Waals surface area contributed by atoms with Crippen LogP contribution in [0.25, 0.3) is 0 Å². The Bertz CT molecular complexity index is 5330. The van der Waals surface area contributed by atoms with Crippen LogP contribution in [0, 0.1) is 11.6 Å². The molecular weight excluding hydrogens is 1600 g/mol. The van der Waals surface area contributed by atoms with E-state index < -0.39 is 29.6 Å². The standard InChI is InChI=1S/C21H20N4O3.C20H17BrN4O4.C20H17BrN4O3.C20H16F2N4O3/c1-14(16-6-4-3-5-7-16)21(27)25-17-8-10-18(11-9-17)28-20-12-19(22-13-23-20)24-15(2)26;1-12(26)24-17-10-18(23-11-22-17)29-16-8-6-15(7-9-16)25-20(28)19(27)13-2-4-14(21)5-3-13;1-13(26)24-18-11-20(23-12-22-18)28-17-7-5-16(6-8-17)25-19(27)10-14-3-2-4-15(21)9-14;1-12(27)25-17-10-19(24-11-23-17)29-15-7-5-14(6-8-15)26-18(28)9-13-3-2-4-16(21)20(13)22/h3-14H,1-2H3,(H,25,27)(H,22,23,24,26);2-11,19,27H,1H3,(H,25,28)(H,22,23,24,26);2-9,11-12H,10H2,1H3,(H,25,27)(H,22,23,24,26);2-8,10-11H,9H2,1H3,(H,26,28)(H,23,24,25,27)/t14-;;;/m1.../s1. The Kier molecular flexibility index (Phi) is 31.0. The Labute approximate surface area is 667 Å². The topological polar surface area (TPSA) is 393 Å². The SMILES string of the molecule is CC(=O)Nc1cc(Oc2ccc(NC(=O)C(O)c3ccc(Br)cc3)cc2)ncn1.CC(=O)Nc1cc(Oc2ccc(NC(=O)Cc3cccc(Br)c3)cc2)ncn1.CC(=O)Nc1cc(Oc2ccc(NC(=O)Cc3cccc(F)c3F)cc2)ncn1.CC(=O)Nc1cc(Oc2ccc(NC(=O)[C@H](C)c3ccccc3)cc2)ncn1. The molecule has 8 amide bonds. The van der Waals surface area contributed by atoms with Crippen LogP contribution in [0.2, 0.25) is 0 Å². The number of aliphatic hydroxyl groups excluding tert-OH is 1. The molecule has 580 valence electrons. The minimum absolute atomic E-state index is 0.0267. The summed E-state index contributed by atoms with van der Waals surface area (Å²) in [4.78, 5) is 125. The first-order chi connectivity index (χ1) is 54.8. The Hall–Kier alpha value is -14.2. The average molecular weight is 1670 g/mol. The fourth-order valence-corrected chi connectivity index (χ4v) is 10.4. The van der Waals surface area contributed by atoms with Gasteiger partial charge in [0.2, 0.25) is 64.9 Å². The van der Waals surface area contributed by atoms with E-state index in [0.29, 0.717) is 86.3 Å². The van der Waals surface area contributed by atoms with Crippen LogP contribution in [0.3, 0.4) is 0 Å². The zero-order valence-electron chi connectivity index (χ0n) is 61.1. The van der Waals surface area contributed by atoms with Crippen LogP contribution >= 0.6 is 31.9 Å². The third-order valence-corrected chi connectivity index (χ3v) is 16.0. The van der Waals surface area contributed by atoms with Gasteiger partial charge < -0.3 is 66.6 Å². The zero-order chi connectivity index (χ0) is 81.5. The summed E-state index contributed by atoms with van der Waals surface area (Å²) in [6.45, 7) is 7.40. The molecule has 9 N–H and O–H groups in total. The first-order valence-corrected chi connectivity index (χ1v) is 35.8. The molecule has 0 fully saturated rings. The van der Waals surface area contributed by atoms with Gasteiger partial charge in [0, 0.05) is 89.2 Å². The fourth-order valence-electron chi connectivity index (χ4n) is 9.74. The summed E-state index contributed by atoms with van der Waals surface area (Å²) in [6.07, 6.45) is 3.84. The van der Waals surface area contributed by atoms with E-state index in [9.17, 15) is 52.2 Å². The first-order valence-electron chi connectivity index (χ1n) is 34.2. The lowest BCUT2D eigenvalue weighted by atomic mass is 10.0. The van der Waals surface area contributed by atoms with E-state index in [4.69, 9.17) is 18.9 Å². The van der Waals surface area contributed by atoms with Crippen molar-refractivity contribution in [2.75, 3.05) is 42.5 Å². The molecular formula is C81H70Br2F2N16O13. The molecule has 0 aliphatic rings. The number of carbonyl (C=O) groups excluding carboxylic acids is 8. The van der Waals surface area contributed by atoms with Gasteiger partial charge in [-0.2, -0.15) is 0 Å². The summed E-state index contributed by atoms with van der Waals surface area (Å²) in [5.74, 6) is -0.0805. The largest absolute Gasteiger partial charge is 0.439 e. The molecule has 4 aromatic heterocycles. The summed E-state index contributed by atoms with van der Waals surface area (Å²) in [7, 11) is 0. The summed E-state index contributed by atoms with van der Waals surface area (Å²) in [5, 5.41) is 31.4. The number of nitrogens with one attached hydrogen (secondary N) is 8. The molecule has 0 saturated heterocycles. The number of aromatic nitrogens is 8. The van der Waals surface area contributed by atoms with E-state index in [1.807, 2.05) is 61.5 Å². The molecule has 0 radical (unpaired) electrons. The van der Waals surface area contributed by atoms with E-state index in [1.165, 1.54) is 89.4 Å². The highest BCUT2D eigenvalue weighted by Crippen LogP contribution is 2.29. The molecule has 4 heterocycles. The Morgan fingerprint density at radius 3 is 1.11 bits per heavy atom. The molecule has 0 bridgehead atoms. The number of nitrogens with zero attached hydrogens (tertiary/aromatic N) is 8. The van der Waals surface area contributed by atoms with Crippen molar-refractivity contribution in [2.24, 2.45) is 0 Å². The molecule has 8 aromatic carbocycles. The van der Waals surface area contributed by atoms with Gasteiger partial charge in [-0.25, -0.2) is 48.7 Å². The normalized spacial score (nSPS) is 10.8. The van der Waals surface area contributed by atoms with E-state index in [1.54, 1.807) is 121 Å². The van der Waals surface area contributed by atoms with Crippen LogP contribution in [0.15, 0.2) is 253 Å². The van der Waals surface area contributed by atoms with Crippen molar-refractivity contribution in [3.63, 3.8) is 0 Å². The van der Waals surface area contributed by atoms with Crippen LogP contribution in [-0.2, 0) is 51.2 Å². The van der Waals surface area contributed by atoms with Gasteiger partial charge in [0.1, 0.15) is 71.6 Å². The number of carbonyl (C=O) groups is 8. The first kappa shape index (κ1) is 83.9. The molecule has 33 heteroatoms. The number of hydrogen-bond acceptors (Lipinski definition) is 21. The Morgan fingerprint density at radius 2 is 0.728 bits per heavy atom. The smallest absolute Gasteiger partial charge is 0.257 e. The van der Waals surface area contributed by atoms with Crippen molar-refractivity contribution < 1.29 is 71.2 Å². The van der Waals surface area contributed by atoms with Crippen molar-refractivity contribution in [2.45, 2.75) is 59.5 Å². The number of rotatable bonds is 24. The minimum Gasteiger partial charge on any atom is -0.439 e. The maximum Gasteiger partial charge on any atom is 0.257 e. The highest BCUT2D eigenvalue weighted by Gasteiger charge is 2.20. The lowest BCUT2D eigenvalue weighted by Crippen LogP contribution is -2.20. The molecule has 0 spiro atoms. The van der Waals surface area contributed by atoms with Gasteiger partial charge >= 0.3 is 0 Å². The molecule has 12 rings (SSSR count). The molecule has 29 nitrogen and oxygen atoms in total. The lowest BCUT2D eigenvalue weighted by molar-refractivity contribution is -0.124. The van der Waals surface area contributed by atoms with Crippen LogP contribution in [0.5, 0.6) is 46.5 Å². The Balaban J connectivity index is 0.000000174. The molecule has 12 aromatic rings. The molecule has 0 aliphatic carbocycles. The number of anilines is 8. The van der Waals surface area contributed by atoms with E-state index >= 15 is 0 Å². The number of amides is 8. The molecule has 2 atom stereocenters. The van der Waals surface area contributed by atoms with E-state index in [-0.39, 0.29) is 71.5 Å². The number of halogens is 4. The van der Waals surface area contributed by atoms with Crippen molar-refractivity contribution in [1.29, 1.82) is 0 Å². The second kappa shape index (κ2) is 42.1. The second-order valence-corrected chi connectivity index (χ2v) is 25.9. The number of ether oxygens (including phenoxy) is 4. The Morgan fingerprint density at radius 1 is 0.368 bits per heavy atom. The average Bonchev–Trinajstić information content (AvgIpc) is 0.858. The van der Waals surface area contributed by atoms with E-state index in [2.05, 4.69) is 114 Å². The van der Waals surface area contributed by atoms with Gasteiger partial charge in [-0.05, 0) is 151 Å². The van der Waals surface area contributed by atoms with Crippen LogP contribution in [0.1, 0.15) is 68.9 Å². The van der Waals surface area contributed by atoms with Gasteiger partial charge in [-0.1, -0.05) is 98.6 Å². The van der Waals surface area contributed by atoms with Crippen LogP contribution < -0.4 is 61.5 Å². The molecule has 114 heavy (non-hydrogen) atoms. The summed E-state index contributed by atoms with van der Waals surface area (Å²) in [6, 6.07) is 60.5. The monoisotopic (exact) mass is 1670 g/mol. The maximum atomic E-state index is 13.7. The van der Waals surface area contributed by atoms with Crippen LogP contribution in [0.4, 0.5) is 54.8 Å². The third kappa shape index (κ3) is 28.4. The molecule has 1 unspecified atom stereocenters. The number of hydrogen-bond donors (Lipinski definition) is 9. The van der Waals surface area contributed by atoms with E-state index in [0.717, 1.165) is 26.1 Å². The van der Waals surface area contributed by atoms with Crippen molar-refractivity contribution in [3.05, 3.63) is 287 Å². The minimum atomic E-state index is -1.28. The zero-order valence-corrected chi connectivity index (χ0v) is 64.3. The third-order valence-electron chi connectivity index (χ3n) is 15.0. The fraction of sp³-hybridized carbons (Fsp3) is 0.111. The number of benzene rings is 8. The number of aliphatic hydroxyl groups is 1. The summed E-state index contributed by atoms with van der Waals surface area (Å²) in [5.41, 5.74) is 4.63. The summed E-state index contributed by atoms with van der Waals surface area (Å²) >= 11 is 6.70. The molecule has 0 saturated carbocycles. The van der Waals surface area contributed by atoms with Gasteiger partial charge in [0.05, 0.1) is 18.8 Å². The van der Waals surface area contributed by atoms with Gasteiger partial charge in [0.15, 0.2) is 17.7 Å². The second-order valence-electron chi connectivity index (χ2n) is 24.1. The highest BCUT2D eigenvalue weighted by atomic mass is 79.9. The van der Waals surface area contributed by atoms with Crippen molar-refractivity contribution >= 4 is 125 Å². The predicted molar refractivity (Wildman–Crippen MR) is 428 cm³/mol. The maximum absolute atomic E-state index is 13.7. The van der Waals surface area contributed by atoms with Crippen molar-refractivity contribution in [1.82, 2.24) is 39.9 Å². The highest BCUT2D eigenvalue weighted by molar-refractivity contribution is 9.10. The van der Waals surface area contributed by atoms with Gasteiger partial charge in [0.25, 0.3) is 5.91 Å². The van der Waals surface area contributed by atoms with Crippen molar-refractivity contribution in [3.8, 4) is 46.5 Å². The molecule has 0 aliphatic heterocycles. The van der Waals surface area contributed by atoms with Gasteiger partial charge in [-0.15, -0.1) is 0 Å². The summed E-state index contributed by atoms with van der Waals surface area (Å²) < 4.78 is 51.2. The quantitative estimate of drug-likeness (QED) is 0.0271. The van der Waals surface area contributed by atoms with Crippen LogP contribution in [-0.4, -0.2) is 92.2 Å².